The molecular formula is C15H11F3N6O. The number of alkyl halides is 3. The van der Waals surface area contributed by atoms with Crippen molar-refractivity contribution in [2.24, 2.45) is 0 Å². The van der Waals surface area contributed by atoms with Crippen LogP contribution in [0.15, 0.2) is 34.9 Å². The van der Waals surface area contributed by atoms with Crippen LogP contribution in [0.5, 0.6) is 0 Å². The predicted molar refractivity (Wildman–Crippen MR) is 85.8 cm³/mol. The molecule has 7 nitrogen and oxygen atoms in total. The fourth-order valence-electron chi connectivity index (χ4n) is 2.48. The average Bonchev–Trinajstić information content (AvgIpc) is 3.17. The number of nitrogens with zero attached hydrogens (tertiary/aromatic N) is 3. The van der Waals surface area contributed by atoms with Gasteiger partial charge in [-0.2, -0.15) is 23.3 Å². The van der Waals surface area contributed by atoms with Crippen LogP contribution in [0.4, 0.5) is 24.9 Å². The molecule has 0 fully saturated rings. The first-order chi connectivity index (χ1) is 11.9. The number of fused-ring (bicyclic) bond motifs is 2. The van der Waals surface area contributed by atoms with E-state index in [0.29, 0.717) is 11.3 Å². The Morgan fingerprint density at radius 3 is 2.84 bits per heavy atom. The summed E-state index contributed by atoms with van der Waals surface area (Å²) in [6, 6.07) is 7.09. The smallest absolute Gasteiger partial charge is 0.405 e. The van der Waals surface area contributed by atoms with Gasteiger partial charge in [-0.15, -0.1) is 0 Å². The summed E-state index contributed by atoms with van der Waals surface area (Å²) in [7, 11) is 0. The number of nitrogens with one attached hydrogen (secondary N) is 2. The predicted octanol–water partition coefficient (Wildman–Crippen LogP) is 3.32. The molecule has 4 rings (SSSR count). The van der Waals surface area contributed by atoms with E-state index < -0.39 is 12.7 Å². The number of anilines is 2. The molecule has 4 N–H and O–H groups in total. The first-order valence-corrected chi connectivity index (χ1v) is 7.20. The summed E-state index contributed by atoms with van der Waals surface area (Å²) in [6.45, 7) is -1.26. The highest BCUT2D eigenvalue weighted by atomic mass is 19.4. The van der Waals surface area contributed by atoms with Crippen molar-refractivity contribution in [3.8, 4) is 11.3 Å². The Morgan fingerprint density at radius 2 is 2.04 bits per heavy atom. The van der Waals surface area contributed by atoms with Gasteiger partial charge in [-0.3, -0.25) is 5.10 Å². The summed E-state index contributed by atoms with van der Waals surface area (Å²) in [6.07, 6.45) is -2.71. The minimum Gasteiger partial charge on any atom is -0.450 e. The van der Waals surface area contributed by atoms with Crippen molar-refractivity contribution < 1.29 is 17.6 Å². The SMILES string of the molecule is Nc1nc(NCC(F)(F)F)c2oc(-c3ccc4cn[nH]c4c3)cc2n1. The highest BCUT2D eigenvalue weighted by molar-refractivity contribution is 5.90. The Hall–Kier alpha value is -3.30. The molecule has 0 aliphatic carbocycles. The summed E-state index contributed by atoms with van der Waals surface area (Å²) in [5.41, 5.74) is 7.52. The molecular weight excluding hydrogens is 337 g/mol. The van der Waals surface area contributed by atoms with Gasteiger partial charge in [-0.25, -0.2) is 4.98 Å². The van der Waals surface area contributed by atoms with Crippen LogP contribution in [0.25, 0.3) is 33.3 Å². The van der Waals surface area contributed by atoms with Gasteiger partial charge in [0.25, 0.3) is 0 Å². The first-order valence-electron chi connectivity index (χ1n) is 7.20. The maximum atomic E-state index is 12.5. The number of nitrogens with two attached hydrogens (primary N) is 1. The first kappa shape index (κ1) is 15.2. The summed E-state index contributed by atoms with van der Waals surface area (Å²) in [5, 5.41) is 9.90. The Bertz CT molecular complexity index is 1070. The summed E-state index contributed by atoms with van der Waals surface area (Å²) < 4.78 is 43.0. The molecule has 0 saturated carbocycles. The van der Waals surface area contributed by atoms with E-state index >= 15 is 0 Å². The normalized spacial score (nSPS) is 12.1. The van der Waals surface area contributed by atoms with E-state index in [1.54, 1.807) is 12.3 Å². The van der Waals surface area contributed by atoms with Crippen molar-refractivity contribution in [3.05, 3.63) is 30.5 Å². The zero-order valence-corrected chi connectivity index (χ0v) is 12.6. The molecule has 3 heterocycles. The van der Waals surface area contributed by atoms with E-state index in [9.17, 15) is 13.2 Å². The summed E-state index contributed by atoms with van der Waals surface area (Å²) in [4.78, 5) is 7.81. The molecule has 128 valence electrons. The lowest BCUT2D eigenvalue weighted by molar-refractivity contribution is -0.115. The molecule has 10 heteroatoms. The fourth-order valence-corrected chi connectivity index (χ4v) is 2.48. The highest BCUT2D eigenvalue weighted by Crippen LogP contribution is 2.32. The second-order valence-electron chi connectivity index (χ2n) is 5.40. The van der Waals surface area contributed by atoms with Gasteiger partial charge in [0.1, 0.15) is 17.8 Å². The van der Waals surface area contributed by atoms with Gasteiger partial charge in [-0.1, -0.05) is 12.1 Å². The van der Waals surface area contributed by atoms with Gasteiger partial charge in [0.2, 0.25) is 5.95 Å². The molecule has 1 aromatic carbocycles. The Morgan fingerprint density at radius 1 is 1.20 bits per heavy atom. The quantitative estimate of drug-likeness (QED) is 0.524. The fraction of sp³-hybridized carbons (Fsp3) is 0.133. The zero-order chi connectivity index (χ0) is 17.6. The van der Waals surface area contributed by atoms with Gasteiger partial charge >= 0.3 is 6.18 Å². The van der Waals surface area contributed by atoms with Gasteiger partial charge in [0, 0.05) is 17.0 Å². The zero-order valence-electron chi connectivity index (χ0n) is 12.6. The number of aromatic nitrogens is 4. The van der Waals surface area contributed by atoms with E-state index in [1.165, 1.54) is 0 Å². The second-order valence-corrected chi connectivity index (χ2v) is 5.40. The molecule has 0 saturated heterocycles. The monoisotopic (exact) mass is 348 g/mol. The number of aromatic amines is 1. The molecule has 3 aromatic heterocycles. The van der Waals surface area contributed by atoms with Crippen LogP contribution in [0, 0.1) is 0 Å². The van der Waals surface area contributed by atoms with Crippen molar-refractivity contribution in [2.75, 3.05) is 17.6 Å². The van der Waals surface area contributed by atoms with E-state index in [2.05, 4.69) is 25.5 Å². The van der Waals surface area contributed by atoms with Crippen molar-refractivity contribution in [1.29, 1.82) is 0 Å². The molecule has 25 heavy (non-hydrogen) atoms. The number of furan rings is 1. The molecule has 0 aliphatic rings. The minimum atomic E-state index is -4.40. The van der Waals surface area contributed by atoms with Gasteiger partial charge in [0.05, 0.1) is 11.7 Å². The topological polar surface area (TPSA) is 106 Å². The molecule has 0 bridgehead atoms. The Balaban J connectivity index is 1.78. The van der Waals surface area contributed by atoms with E-state index in [-0.39, 0.29) is 17.3 Å². The van der Waals surface area contributed by atoms with E-state index in [4.69, 9.17) is 10.2 Å². The third-order valence-electron chi connectivity index (χ3n) is 3.57. The van der Waals surface area contributed by atoms with Crippen LogP contribution < -0.4 is 11.1 Å². The average molecular weight is 348 g/mol. The van der Waals surface area contributed by atoms with Crippen LogP contribution in [-0.2, 0) is 0 Å². The van der Waals surface area contributed by atoms with E-state index in [0.717, 1.165) is 16.5 Å². The summed E-state index contributed by atoms with van der Waals surface area (Å²) in [5.74, 6) is 0.184. The van der Waals surface area contributed by atoms with E-state index in [1.807, 2.05) is 18.2 Å². The number of benzene rings is 1. The third kappa shape index (κ3) is 2.93. The Labute approximate surface area is 138 Å². The lowest BCUT2D eigenvalue weighted by Crippen LogP contribution is -2.22. The number of H-pyrrole nitrogens is 1. The largest absolute Gasteiger partial charge is 0.450 e. The summed E-state index contributed by atoms with van der Waals surface area (Å²) >= 11 is 0. The van der Waals surface area contributed by atoms with Crippen LogP contribution in [0.3, 0.4) is 0 Å². The number of hydrogen-bond donors (Lipinski definition) is 3. The maximum Gasteiger partial charge on any atom is 0.405 e. The Kier molecular flexibility index (Phi) is 3.27. The molecule has 0 amide bonds. The molecule has 0 aliphatic heterocycles. The van der Waals surface area contributed by atoms with Crippen molar-refractivity contribution in [1.82, 2.24) is 20.2 Å². The lowest BCUT2D eigenvalue weighted by atomic mass is 10.1. The van der Waals surface area contributed by atoms with Crippen LogP contribution in [0.2, 0.25) is 0 Å². The van der Waals surface area contributed by atoms with Crippen LogP contribution >= 0.6 is 0 Å². The standard InChI is InChI=1S/C15H11F3N6O/c16-15(17,18)6-20-13-12-10(22-14(19)23-13)4-11(25-12)7-1-2-8-5-21-24-9(8)3-7/h1-5H,6H2,(H,21,24)(H3,19,20,22,23). The van der Waals surface area contributed by atoms with Crippen molar-refractivity contribution >= 4 is 33.8 Å². The van der Waals surface area contributed by atoms with Gasteiger partial charge in [-0.05, 0) is 6.07 Å². The number of halogens is 3. The second kappa shape index (κ2) is 5.36. The van der Waals surface area contributed by atoms with Gasteiger partial charge in [0.15, 0.2) is 11.4 Å². The molecule has 0 atom stereocenters. The molecule has 4 aromatic rings. The third-order valence-corrected chi connectivity index (χ3v) is 3.57. The molecule has 0 spiro atoms. The van der Waals surface area contributed by atoms with Crippen molar-refractivity contribution in [2.45, 2.75) is 6.18 Å². The van der Waals surface area contributed by atoms with Crippen molar-refractivity contribution in [3.63, 3.8) is 0 Å². The maximum absolute atomic E-state index is 12.5. The number of rotatable bonds is 3. The lowest BCUT2D eigenvalue weighted by Gasteiger charge is -2.09. The highest BCUT2D eigenvalue weighted by Gasteiger charge is 2.28. The molecule has 0 unspecified atom stereocenters. The van der Waals surface area contributed by atoms with Gasteiger partial charge < -0.3 is 15.5 Å². The molecule has 0 radical (unpaired) electrons. The van der Waals surface area contributed by atoms with Crippen LogP contribution in [0.1, 0.15) is 0 Å². The number of nitrogen functional groups attached to an aromatic ring is 1. The minimum absolute atomic E-state index is 0.103. The van der Waals surface area contributed by atoms with Crippen LogP contribution in [-0.4, -0.2) is 32.9 Å². The number of hydrogen-bond acceptors (Lipinski definition) is 6.